The molecule has 136 valence electrons. The van der Waals surface area contributed by atoms with Gasteiger partial charge in [0.2, 0.25) is 5.91 Å². The number of amides is 2. The van der Waals surface area contributed by atoms with Crippen molar-refractivity contribution in [2.75, 3.05) is 6.54 Å². The minimum atomic E-state index is -0.132. The molecule has 0 spiro atoms. The minimum absolute atomic E-state index is 0.132. The molecule has 4 rings (SSSR count). The maximum atomic E-state index is 12.6. The Hall–Kier alpha value is -1.92. The molecule has 2 aliphatic carbocycles. The summed E-state index contributed by atoms with van der Waals surface area (Å²) >= 11 is 0. The molecule has 7 nitrogen and oxygen atoms in total. The summed E-state index contributed by atoms with van der Waals surface area (Å²) in [6.45, 7) is 1.48. The Morgan fingerprint density at radius 2 is 1.88 bits per heavy atom. The molecule has 2 saturated carbocycles. The van der Waals surface area contributed by atoms with Crippen LogP contribution in [0.2, 0.25) is 0 Å². The van der Waals surface area contributed by atoms with Crippen LogP contribution in [0.3, 0.4) is 0 Å². The lowest BCUT2D eigenvalue weighted by atomic mass is 9.84. The lowest BCUT2D eigenvalue weighted by Gasteiger charge is -2.32. The third-order valence-corrected chi connectivity index (χ3v) is 5.97. The van der Waals surface area contributed by atoms with Crippen LogP contribution in [0.25, 0.3) is 0 Å². The standard InChI is InChI=1S/C18H27N5O2/c24-17(19-14-7-1-2-8-14)16-12-22(21-20-16)11-15-9-4-10-23(15)18(25)13-5-3-6-13/h12-15H,1-11H2,(H,19,24)/t15-/m0/s1. The maximum Gasteiger partial charge on any atom is 0.273 e. The molecule has 25 heavy (non-hydrogen) atoms. The van der Waals surface area contributed by atoms with E-state index in [9.17, 15) is 9.59 Å². The number of aromatic nitrogens is 3. The molecule has 2 amide bonds. The average Bonchev–Trinajstić information content (AvgIpc) is 3.26. The van der Waals surface area contributed by atoms with Crippen LogP contribution in [0, 0.1) is 5.92 Å². The first-order valence-corrected chi connectivity index (χ1v) is 9.72. The first kappa shape index (κ1) is 16.5. The van der Waals surface area contributed by atoms with E-state index in [2.05, 4.69) is 15.6 Å². The van der Waals surface area contributed by atoms with Crippen LogP contribution in [0.1, 0.15) is 68.3 Å². The van der Waals surface area contributed by atoms with E-state index in [1.54, 1.807) is 10.9 Å². The lowest BCUT2D eigenvalue weighted by Crippen LogP contribution is -2.43. The first-order valence-electron chi connectivity index (χ1n) is 9.72. The van der Waals surface area contributed by atoms with Crippen molar-refractivity contribution in [3.63, 3.8) is 0 Å². The molecule has 1 aromatic rings. The minimum Gasteiger partial charge on any atom is -0.348 e. The fraction of sp³-hybridized carbons (Fsp3) is 0.778. The molecule has 1 aliphatic heterocycles. The van der Waals surface area contributed by atoms with Gasteiger partial charge in [-0.1, -0.05) is 24.5 Å². The zero-order valence-corrected chi connectivity index (χ0v) is 14.7. The fourth-order valence-electron chi connectivity index (χ4n) is 4.24. The smallest absolute Gasteiger partial charge is 0.273 e. The van der Waals surface area contributed by atoms with Gasteiger partial charge in [-0.15, -0.1) is 5.10 Å². The molecule has 0 radical (unpaired) electrons. The van der Waals surface area contributed by atoms with Crippen molar-refractivity contribution in [2.45, 2.75) is 76.4 Å². The maximum absolute atomic E-state index is 12.6. The van der Waals surface area contributed by atoms with E-state index in [1.807, 2.05) is 4.90 Å². The number of carbonyl (C=O) groups excluding carboxylic acids is 2. The van der Waals surface area contributed by atoms with E-state index in [1.165, 1.54) is 19.3 Å². The second-order valence-corrected chi connectivity index (χ2v) is 7.74. The van der Waals surface area contributed by atoms with Crippen LogP contribution >= 0.6 is 0 Å². The second kappa shape index (κ2) is 7.14. The van der Waals surface area contributed by atoms with Gasteiger partial charge in [-0.3, -0.25) is 9.59 Å². The van der Waals surface area contributed by atoms with Gasteiger partial charge in [-0.2, -0.15) is 0 Å². The van der Waals surface area contributed by atoms with Crippen LogP contribution in [0.5, 0.6) is 0 Å². The topological polar surface area (TPSA) is 80.1 Å². The van der Waals surface area contributed by atoms with Crippen molar-refractivity contribution in [2.24, 2.45) is 5.92 Å². The largest absolute Gasteiger partial charge is 0.348 e. The van der Waals surface area contributed by atoms with Gasteiger partial charge >= 0.3 is 0 Å². The van der Waals surface area contributed by atoms with E-state index in [4.69, 9.17) is 0 Å². The van der Waals surface area contributed by atoms with Crippen molar-refractivity contribution in [3.05, 3.63) is 11.9 Å². The summed E-state index contributed by atoms with van der Waals surface area (Å²) in [4.78, 5) is 26.9. The Morgan fingerprint density at radius 3 is 2.60 bits per heavy atom. The number of hydrogen-bond acceptors (Lipinski definition) is 4. The summed E-state index contributed by atoms with van der Waals surface area (Å²) in [6.07, 6.45) is 11.5. The van der Waals surface area contributed by atoms with E-state index in [-0.39, 0.29) is 23.9 Å². The van der Waals surface area contributed by atoms with Crippen LogP contribution in [0.4, 0.5) is 0 Å². The quantitative estimate of drug-likeness (QED) is 0.881. The van der Waals surface area contributed by atoms with Crippen molar-refractivity contribution < 1.29 is 9.59 Å². The van der Waals surface area contributed by atoms with Gasteiger partial charge in [-0.05, 0) is 38.5 Å². The van der Waals surface area contributed by atoms with E-state index < -0.39 is 0 Å². The Bertz CT molecular complexity index is 633. The third-order valence-electron chi connectivity index (χ3n) is 5.97. The molecule has 7 heteroatoms. The van der Waals surface area contributed by atoms with Gasteiger partial charge in [0.05, 0.1) is 18.8 Å². The van der Waals surface area contributed by atoms with Crippen molar-refractivity contribution in [3.8, 4) is 0 Å². The van der Waals surface area contributed by atoms with Crippen LogP contribution in [-0.4, -0.2) is 50.3 Å². The van der Waals surface area contributed by atoms with Crippen LogP contribution in [0.15, 0.2) is 6.20 Å². The Balaban J connectivity index is 1.35. The molecular weight excluding hydrogens is 318 g/mol. The first-order chi connectivity index (χ1) is 12.2. The highest BCUT2D eigenvalue weighted by Crippen LogP contribution is 2.31. The zero-order chi connectivity index (χ0) is 17.2. The highest BCUT2D eigenvalue weighted by molar-refractivity contribution is 5.92. The van der Waals surface area contributed by atoms with E-state index in [0.29, 0.717) is 18.1 Å². The molecule has 2 heterocycles. The average molecular weight is 345 g/mol. The number of carbonyl (C=O) groups is 2. The number of hydrogen-bond donors (Lipinski definition) is 1. The fourth-order valence-corrected chi connectivity index (χ4v) is 4.24. The van der Waals surface area contributed by atoms with Gasteiger partial charge in [0.15, 0.2) is 5.69 Å². The summed E-state index contributed by atoms with van der Waals surface area (Å²) in [5.41, 5.74) is 0.377. The van der Waals surface area contributed by atoms with E-state index >= 15 is 0 Å². The molecule has 0 bridgehead atoms. The molecule has 3 fully saturated rings. The van der Waals surface area contributed by atoms with Crippen molar-refractivity contribution in [1.82, 2.24) is 25.2 Å². The van der Waals surface area contributed by atoms with E-state index in [0.717, 1.165) is 45.1 Å². The third kappa shape index (κ3) is 3.55. The van der Waals surface area contributed by atoms with Gasteiger partial charge in [-0.25, -0.2) is 4.68 Å². The predicted octanol–water partition coefficient (Wildman–Crippen LogP) is 1.74. The molecule has 1 saturated heterocycles. The monoisotopic (exact) mass is 345 g/mol. The summed E-state index contributed by atoms with van der Waals surface area (Å²) in [6, 6.07) is 0.462. The van der Waals surface area contributed by atoms with Gasteiger partial charge in [0, 0.05) is 18.5 Å². The number of rotatable bonds is 5. The number of likely N-dealkylation sites (tertiary alicyclic amines) is 1. The predicted molar refractivity (Wildman–Crippen MR) is 91.8 cm³/mol. The molecular formula is C18H27N5O2. The molecule has 3 aliphatic rings. The Kier molecular flexibility index (Phi) is 4.72. The molecule has 1 N–H and O–H groups in total. The molecule has 1 aromatic heterocycles. The molecule has 0 aromatic carbocycles. The van der Waals surface area contributed by atoms with Gasteiger partial charge < -0.3 is 10.2 Å². The van der Waals surface area contributed by atoms with Crippen molar-refractivity contribution >= 4 is 11.8 Å². The Labute approximate surface area is 148 Å². The summed E-state index contributed by atoms with van der Waals surface area (Å²) in [7, 11) is 0. The molecule has 0 unspecified atom stereocenters. The van der Waals surface area contributed by atoms with Crippen molar-refractivity contribution in [1.29, 1.82) is 0 Å². The summed E-state index contributed by atoms with van der Waals surface area (Å²) in [5.74, 6) is 0.420. The normalized spacial score (nSPS) is 24.5. The van der Waals surface area contributed by atoms with Gasteiger partial charge in [0.1, 0.15) is 0 Å². The zero-order valence-electron chi connectivity index (χ0n) is 14.7. The number of nitrogens with zero attached hydrogens (tertiary/aromatic N) is 4. The second-order valence-electron chi connectivity index (χ2n) is 7.74. The summed E-state index contributed by atoms with van der Waals surface area (Å²) in [5, 5.41) is 11.2. The Morgan fingerprint density at radius 1 is 1.08 bits per heavy atom. The summed E-state index contributed by atoms with van der Waals surface area (Å²) < 4.78 is 1.72. The SMILES string of the molecule is O=C(NC1CCCC1)c1cn(C[C@@H]2CCCN2C(=O)C2CCC2)nn1. The number of nitrogens with one attached hydrogen (secondary N) is 1. The van der Waals surface area contributed by atoms with Gasteiger partial charge in [0.25, 0.3) is 5.91 Å². The van der Waals surface area contributed by atoms with Crippen LogP contribution in [-0.2, 0) is 11.3 Å². The highest BCUT2D eigenvalue weighted by Gasteiger charge is 2.35. The molecule has 1 atom stereocenters. The lowest BCUT2D eigenvalue weighted by molar-refractivity contribution is -0.139. The highest BCUT2D eigenvalue weighted by atomic mass is 16.2. The van der Waals surface area contributed by atoms with Crippen LogP contribution < -0.4 is 5.32 Å².